The van der Waals surface area contributed by atoms with E-state index in [2.05, 4.69) is 20.3 Å². The molecule has 0 amide bonds. The topological polar surface area (TPSA) is 93.9 Å². The van der Waals surface area contributed by atoms with Crippen LogP contribution in [0, 0.1) is 0 Å². The van der Waals surface area contributed by atoms with Gasteiger partial charge in [0.15, 0.2) is 5.82 Å². The van der Waals surface area contributed by atoms with E-state index in [1.54, 1.807) is 6.20 Å². The SMILES string of the molecule is O=c1[nH]c2ccccc2cc1CN[C@H]1CCCN(c2ncc[nH]c2=O)C1. The van der Waals surface area contributed by atoms with E-state index in [4.69, 9.17) is 0 Å². The van der Waals surface area contributed by atoms with E-state index in [-0.39, 0.29) is 17.2 Å². The summed E-state index contributed by atoms with van der Waals surface area (Å²) in [6.45, 7) is 2.01. The van der Waals surface area contributed by atoms with Crippen LogP contribution < -0.4 is 21.3 Å². The minimum Gasteiger partial charge on any atom is -0.350 e. The van der Waals surface area contributed by atoms with Gasteiger partial charge in [-0.2, -0.15) is 0 Å². The number of hydrogen-bond acceptors (Lipinski definition) is 5. The lowest BCUT2D eigenvalue weighted by atomic mass is 10.1. The predicted octanol–water partition coefficient (Wildman–Crippen LogP) is 1.37. The Morgan fingerprint density at radius 2 is 2.12 bits per heavy atom. The molecule has 3 N–H and O–H groups in total. The van der Waals surface area contributed by atoms with Gasteiger partial charge >= 0.3 is 0 Å². The first-order chi connectivity index (χ1) is 12.7. The van der Waals surface area contributed by atoms with Crippen molar-refractivity contribution in [2.75, 3.05) is 18.0 Å². The molecule has 1 aliphatic rings. The van der Waals surface area contributed by atoms with E-state index >= 15 is 0 Å². The molecule has 1 aliphatic heterocycles. The maximum atomic E-state index is 12.3. The number of anilines is 1. The molecule has 7 nitrogen and oxygen atoms in total. The number of H-pyrrole nitrogens is 2. The second kappa shape index (κ2) is 7.13. The standard InChI is InChI=1S/C19H21N5O2/c25-18-14(10-13-4-1-2-6-16(13)23-18)11-22-15-5-3-9-24(12-15)17-19(26)21-8-7-20-17/h1-2,4,6-8,10,15,22H,3,5,9,11-12H2,(H,21,26)(H,23,25)/t15-/m0/s1. The third-order valence-corrected chi connectivity index (χ3v) is 4.82. The van der Waals surface area contributed by atoms with Crippen molar-refractivity contribution in [3.63, 3.8) is 0 Å². The van der Waals surface area contributed by atoms with Gasteiger partial charge in [-0.3, -0.25) is 9.59 Å². The van der Waals surface area contributed by atoms with E-state index in [9.17, 15) is 9.59 Å². The predicted molar refractivity (Wildman–Crippen MR) is 102 cm³/mol. The second-order valence-corrected chi connectivity index (χ2v) is 6.62. The molecule has 1 atom stereocenters. The van der Waals surface area contributed by atoms with E-state index in [0.29, 0.717) is 18.9 Å². The highest BCUT2D eigenvalue weighted by Crippen LogP contribution is 2.15. The third kappa shape index (κ3) is 3.39. The number of aromatic amines is 2. The fourth-order valence-corrected chi connectivity index (χ4v) is 3.48. The van der Waals surface area contributed by atoms with Gasteiger partial charge in [-0.1, -0.05) is 18.2 Å². The van der Waals surface area contributed by atoms with Crippen molar-refractivity contribution in [3.8, 4) is 0 Å². The zero-order valence-corrected chi connectivity index (χ0v) is 14.4. The Kier molecular flexibility index (Phi) is 4.53. The summed E-state index contributed by atoms with van der Waals surface area (Å²) in [4.78, 5) is 36.0. The fourth-order valence-electron chi connectivity index (χ4n) is 3.48. The molecule has 134 valence electrons. The molecule has 0 spiro atoms. The molecule has 0 aliphatic carbocycles. The quantitative estimate of drug-likeness (QED) is 0.660. The van der Waals surface area contributed by atoms with Crippen LogP contribution in [0.2, 0.25) is 0 Å². The average molecular weight is 351 g/mol. The molecule has 4 rings (SSSR count). The van der Waals surface area contributed by atoms with Gasteiger partial charge in [0.25, 0.3) is 11.1 Å². The molecular weight excluding hydrogens is 330 g/mol. The number of nitrogens with one attached hydrogen (secondary N) is 3. The number of piperidine rings is 1. The van der Waals surface area contributed by atoms with Crippen LogP contribution in [0.15, 0.2) is 52.3 Å². The summed E-state index contributed by atoms with van der Waals surface area (Å²) in [5.74, 6) is 0.461. The van der Waals surface area contributed by atoms with Crippen LogP contribution in [0.5, 0.6) is 0 Å². The third-order valence-electron chi connectivity index (χ3n) is 4.82. The molecule has 0 unspecified atom stereocenters. The minimum absolute atomic E-state index is 0.0648. The molecule has 0 bridgehead atoms. The van der Waals surface area contributed by atoms with Gasteiger partial charge in [-0.15, -0.1) is 0 Å². The molecule has 2 aromatic heterocycles. The number of nitrogens with zero attached hydrogens (tertiary/aromatic N) is 2. The van der Waals surface area contributed by atoms with Gasteiger partial charge in [0, 0.05) is 49.1 Å². The highest BCUT2D eigenvalue weighted by atomic mass is 16.1. The van der Waals surface area contributed by atoms with Gasteiger partial charge in [0.05, 0.1) is 0 Å². The Balaban J connectivity index is 1.46. The normalized spacial score (nSPS) is 17.5. The largest absolute Gasteiger partial charge is 0.350 e. The summed E-state index contributed by atoms with van der Waals surface area (Å²) in [5.41, 5.74) is 1.33. The van der Waals surface area contributed by atoms with Crippen LogP contribution >= 0.6 is 0 Å². The monoisotopic (exact) mass is 351 g/mol. The lowest BCUT2D eigenvalue weighted by Crippen LogP contribution is -2.47. The van der Waals surface area contributed by atoms with Crippen molar-refractivity contribution in [2.45, 2.75) is 25.4 Å². The van der Waals surface area contributed by atoms with Crippen LogP contribution in [0.1, 0.15) is 18.4 Å². The molecule has 0 radical (unpaired) electrons. The molecule has 3 aromatic rings. The highest BCUT2D eigenvalue weighted by molar-refractivity contribution is 5.78. The Bertz CT molecular complexity index is 1030. The second-order valence-electron chi connectivity index (χ2n) is 6.62. The van der Waals surface area contributed by atoms with E-state index in [1.165, 1.54) is 6.20 Å². The Hall–Kier alpha value is -2.93. The first-order valence-corrected chi connectivity index (χ1v) is 8.84. The summed E-state index contributed by atoms with van der Waals surface area (Å²) in [6, 6.07) is 9.90. The van der Waals surface area contributed by atoms with Crippen LogP contribution in [0.4, 0.5) is 5.82 Å². The van der Waals surface area contributed by atoms with Gasteiger partial charge in [-0.25, -0.2) is 4.98 Å². The molecular formula is C19H21N5O2. The average Bonchev–Trinajstić information content (AvgIpc) is 2.67. The van der Waals surface area contributed by atoms with E-state index in [0.717, 1.165) is 35.9 Å². The van der Waals surface area contributed by atoms with Crippen molar-refractivity contribution in [1.29, 1.82) is 0 Å². The van der Waals surface area contributed by atoms with Crippen LogP contribution in [0.25, 0.3) is 10.9 Å². The number of fused-ring (bicyclic) bond motifs is 1. The first kappa shape index (κ1) is 16.5. The maximum Gasteiger partial charge on any atom is 0.290 e. The number of benzene rings is 1. The molecule has 1 saturated heterocycles. The lowest BCUT2D eigenvalue weighted by molar-refractivity contribution is 0.419. The van der Waals surface area contributed by atoms with Crippen LogP contribution in [0.3, 0.4) is 0 Å². The first-order valence-electron chi connectivity index (χ1n) is 8.84. The zero-order chi connectivity index (χ0) is 17.9. The van der Waals surface area contributed by atoms with Gasteiger partial charge in [0.1, 0.15) is 0 Å². The number of para-hydroxylation sites is 1. The summed E-state index contributed by atoms with van der Waals surface area (Å²) in [5, 5.41) is 4.48. The van der Waals surface area contributed by atoms with E-state index < -0.39 is 0 Å². The van der Waals surface area contributed by atoms with Gasteiger partial charge in [0.2, 0.25) is 0 Å². The number of rotatable bonds is 4. The Labute approximate surface area is 150 Å². The number of aromatic nitrogens is 3. The summed E-state index contributed by atoms with van der Waals surface area (Å²) in [7, 11) is 0. The zero-order valence-electron chi connectivity index (χ0n) is 14.4. The number of pyridine rings is 1. The van der Waals surface area contributed by atoms with Crippen LogP contribution in [-0.4, -0.2) is 34.1 Å². The van der Waals surface area contributed by atoms with Gasteiger partial charge in [-0.05, 0) is 30.4 Å². The van der Waals surface area contributed by atoms with Crippen molar-refractivity contribution in [2.24, 2.45) is 0 Å². The lowest BCUT2D eigenvalue weighted by Gasteiger charge is -2.33. The van der Waals surface area contributed by atoms with E-state index in [1.807, 2.05) is 35.2 Å². The molecule has 0 saturated carbocycles. The van der Waals surface area contributed by atoms with Crippen molar-refractivity contribution in [3.05, 3.63) is 69.0 Å². The van der Waals surface area contributed by atoms with Gasteiger partial charge < -0.3 is 20.2 Å². The van der Waals surface area contributed by atoms with Crippen molar-refractivity contribution < 1.29 is 0 Å². The molecule has 7 heteroatoms. The molecule has 1 fully saturated rings. The van der Waals surface area contributed by atoms with Crippen molar-refractivity contribution in [1.82, 2.24) is 20.3 Å². The molecule has 1 aromatic carbocycles. The smallest absolute Gasteiger partial charge is 0.290 e. The Morgan fingerprint density at radius 3 is 3.00 bits per heavy atom. The Morgan fingerprint density at radius 1 is 1.23 bits per heavy atom. The summed E-state index contributed by atoms with van der Waals surface area (Å²) >= 11 is 0. The summed E-state index contributed by atoms with van der Waals surface area (Å²) in [6.07, 6.45) is 5.12. The fraction of sp³-hybridized carbons (Fsp3) is 0.316. The van der Waals surface area contributed by atoms with Crippen LogP contribution in [-0.2, 0) is 6.54 Å². The minimum atomic E-state index is -0.167. The highest BCUT2D eigenvalue weighted by Gasteiger charge is 2.22. The molecule has 3 heterocycles. The maximum absolute atomic E-state index is 12.3. The van der Waals surface area contributed by atoms with Crippen molar-refractivity contribution >= 4 is 16.7 Å². The number of hydrogen-bond donors (Lipinski definition) is 3. The molecule has 26 heavy (non-hydrogen) atoms. The summed E-state index contributed by atoms with van der Waals surface area (Å²) < 4.78 is 0.